The maximum absolute atomic E-state index is 12.4. The first kappa shape index (κ1) is 16.0. The fraction of sp³-hybridized carbons (Fsp3) is 0.533. The van der Waals surface area contributed by atoms with Gasteiger partial charge in [0.05, 0.1) is 18.7 Å². The van der Waals surface area contributed by atoms with Gasteiger partial charge in [-0.05, 0) is 31.5 Å². The van der Waals surface area contributed by atoms with Crippen LogP contribution in [-0.2, 0) is 11.8 Å². The number of rotatable bonds is 3. The van der Waals surface area contributed by atoms with Crippen LogP contribution < -0.4 is 10.2 Å². The van der Waals surface area contributed by atoms with Crippen LogP contribution in [0, 0.1) is 0 Å². The molecular weight excluding hydrogens is 318 g/mol. The number of hydrogen-bond donors (Lipinski definition) is 1. The second-order valence-corrected chi connectivity index (χ2v) is 6.20. The Labute approximate surface area is 139 Å². The van der Waals surface area contributed by atoms with Crippen molar-refractivity contribution in [1.82, 2.24) is 19.9 Å². The van der Waals surface area contributed by atoms with Gasteiger partial charge in [0.25, 0.3) is 5.91 Å². The van der Waals surface area contributed by atoms with Gasteiger partial charge in [0.1, 0.15) is 11.2 Å². The molecule has 1 N–H and O–H groups in total. The largest absolute Gasteiger partial charge is 0.378 e. The quantitative estimate of drug-likeness (QED) is 0.861. The molecule has 0 aliphatic carbocycles. The van der Waals surface area contributed by atoms with Crippen LogP contribution in [0.25, 0.3) is 11.0 Å². The Morgan fingerprint density at radius 3 is 2.70 bits per heavy atom. The van der Waals surface area contributed by atoms with Crippen molar-refractivity contribution in [3.63, 3.8) is 0 Å². The number of morpholine rings is 1. The van der Waals surface area contributed by atoms with Gasteiger partial charge in [-0.2, -0.15) is 4.98 Å². The highest BCUT2D eigenvalue weighted by atomic mass is 35.5. The normalized spacial score (nSPS) is 15.4. The Hall–Kier alpha value is -1.86. The summed E-state index contributed by atoms with van der Waals surface area (Å²) in [4.78, 5) is 23.1. The lowest BCUT2D eigenvalue weighted by Gasteiger charge is -2.28. The zero-order chi connectivity index (χ0) is 16.6. The number of nitrogens with one attached hydrogen (secondary N) is 1. The Morgan fingerprint density at radius 2 is 2.04 bits per heavy atom. The third-order valence-electron chi connectivity index (χ3n) is 3.80. The summed E-state index contributed by atoms with van der Waals surface area (Å²) in [5, 5.41) is 3.08. The third kappa shape index (κ3) is 3.11. The summed E-state index contributed by atoms with van der Waals surface area (Å²) in [6.45, 7) is 6.62. The van der Waals surface area contributed by atoms with Crippen LogP contribution in [0.5, 0.6) is 0 Å². The van der Waals surface area contributed by atoms with Gasteiger partial charge < -0.3 is 19.5 Å². The van der Waals surface area contributed by atoms with E-state index in [0.29, 0.717) is 24.4 Å². The van der Waals surface area contributed by atoms with Crippen molar-refractivity contribution in [3.05, 3.63) is 17.0 Å². The molecule has 1 fully saturated rings. The van der Waals surface area contributed by atoms with Crippen LogP contribution in [0.15, 0.2) is 6.07 Å². The Morgan fingerprint density at radius 1 is 1.35 bits per heavy atom. The van der Waals surface area contributed by atoms with Crippen LogP contribution in [0.4, 0.5) is 5.82 Å². The second-order valence-electron chi connectivity index (χ2n) is 5.87. The summed E-state index contributed by atoms with van der Waals surface area (Å²) in [5.41, 5.74) is 2.02. The molecule has 0 bridgehead atoms. The predicted octanol–water partition coefficient (Wildman–Crippen LogP) is 1.60. The number of ether oxygens (including phenoxy) is 1. The van der Waals surface area contributed by atoms with Gasteiger partial charge >= 0.3 is 0 Å². The van der Waals surface area contributed by atoms with Crippen LogP contribution in [0.2, 0.25) is 5.28 Å². The molecule has 0 atom stereocenters. The smallest absolute Gasteiger partial charge is 0.268 e. The molecule has 1 saturated heterocycles. The first-order chi connectivity index (χ1) is 11.0. The fourth-order valence-electron chi connectivity index (χ4n) is 2.75. The van der Waals surface area contributed by atoms with Gasteiger partial charge in [0, 0.05) is 26.2 Å². The van der Waals surface area contributed by atoms with E-state index in [1.165, 1.54) is 0 Å². The highest BCUT2D eigenvalue weighted by Crippen LogP contribution is 2.28. The first-order valence-corrected chi connectivity index (χ1v) is 8.01. The van der Waals surface area contributed by atoms with E-state index in [2.05, 4.69) is 20.2 Å². The van der Waals surface area contributed by atoms with Gasteiger partial charge in [-0.15, -0.1) is 0 Å². The summed E-state index contributed by atoms with van der Waals surface area (Å²) < 4.78 is 7.22. The van der Waals surface area contributed by atoms with Crippen molar-refractivity contribution in [3.8, 4) is 0 Å². The van der Waals surface area contributed by atoms with E-state index in [0.717, 1.165) is 24.4 Å². The van der Waals surface area contributed by atoms with E-state index in [1.807, 2.05) is 25.5 Å². The maximum Gasteiger partial charge on any atom is 0.268 e. The van der Waals surface area contributed by atoms with E-state index < -0.39 is 0 Å². The molecule has 2 aromatic rings. The molecule has 8 heteroatoms. The van der Waals surface area contributed by atoms with Gasteiger partial charge in [-0.25, -0.2) is 4.98 Å². The van der Waals surface area contributed by atoms with Crippen LogP contribution in [0.3, 0.4) is 0 Å². The summed E-state index contributed by atoms with van der Waals surface area (Å²) in [6.07, 6.45) is 0. The molecule has 0 aromatic carbocycles. The molecule has 0 unspecified atom stereocenters. The Kier molecular flexibility index (Phi) is 4.41. The summed E-state index contributed by atoms with van der Waals surface area (Å²) in [6, 6.07) is 1.82. The minimum atomic E-state index is -0.135. The molecule has 0 saturated carbocycles. The van der Waals surface area contributed by atoms with E-state index in [9.17, 15) is 4.79 Å². The minimum absolute atomic E-state index is 0.0638. The second kappa shape index (κ2) is 6.33. The molecule has 0 radical (unpaired) electrons. The van der Waals surface area contributed by atoms with Crippen LogP contribution in [-0.4, -0.2) is 52.8 Å². The monoisotopic (exact) mass is 337 g/mol. The number of nitrogens with zero attached hydrogens (tertiary/aromatic N) is 4. The zero-order valence-electron chi connectivity index (χ0n) is 13.5. The average Bonchev–Trinajstić information content (AvgIpc) is 2.83. The van der Waals surface area contributed by atoms with E-state index in [-0.39, 0.29) is 17.2 Å². The first-order valence-electron chi connectivity index (χ1n) is 7.64. The van der Waals surface area contributed by atoms with Gasteiger partial charge in [0.2, 0.25) is 5.28 Å². The maximum atomic E-state index is 12.4. The topological polar surface area (TPSA) is 72.3 Å². The van der Waals surface area contributed by atoms with Crippen molar-refractivity contribution in [2.45, 2.75) is 19.9 Å². The molecule has 2 aromatic heterocycles. The molecule has 3 rings (SSSR count). The van der Waals surface area contributed by atoms with Crippen molar-refractivity contribution >= 4 is 34.4 Å². The standard InChI is InChI=1S/C15H20ClN5O2/c1-9(2)17-14(22)11-8-10-12(20(11)3)13(19-15(16)18-10)21-4-6-23-7-5-21/h8-9H,4-7H2,1-3H3,(H,17,22). The number of amides is 1. The van der Waals surface area contributed by atoms with Crippen molar-refractivity contribution in [1.29, 1.82) is 0 Å². The molecule has 1 aliphatic rings. The number of carbonyl (C=O) groups is 1. The zero-order valence-corrected chi connectivity index (χ0v) is 14.2. The summed E-state index contributed by atoms with van der Waals surface area (Å²) in [5.74, 6) is 0.610. The molecule has 3 heterocycles. The van der Waals surface area contributed by atoms with Crippen molar-refractivity contribution in [2.75, 3.05) is 31.2 Å². The van der Waals surface area contributed by atoms with Crippen molar-refractivity contribution in [2.24, 2.45) is 7.05 Å². The van der Waals surface area contributed by atoms with Crippen LogP contribution in [0.1, 0.15) is 24.3 Å². The third-order valence-corrected chi connectivity index (χ3v) is 3.97. The molecule has 1 amide bonds. The number of aromatic nitrogens is 3. The van der Waals surface area contributed by atoms with Gasteiger partial charge in [0.15, 0.2) is 5.82 Å². The van der Waals surface area contributed by atoms with E-state index in [4.69, 9.17) is 16.3 Å². The molecule has 1 aliphatic heterocycles. The summed E-state index contributed by atoms with van der Waals surface area (Å²) >= 11 is 6.08. The lowest BCUT2D eigenvalue weighted by Crippen LogP contribution is -2.37. The number of halogens is 1. The van der Waals surface area contributed by atoms with Crippen molar-refractivity contribution < 1.29 is 9.53 Å². The predicted molar refractivity (Wildman–Crippen MR) is 89.2 cm³/mol. The molecule has 7 nitrogen and oxygen atoms in total. The fourth-order valence-corrected chi connectivity index (χ4v) is 2.92. The molecule has 0 spiro atoms. The van der Waals surface area contributed by atoms with Gasteiger partial charge in [-0.3, -0.25) is 4.79 Å². The Bertz CT molecular complexity index is 737. The van der Waals surface area contributed by atoms with Gasteiger partial charge in [-0.1, -0.05) is 0 Å². The number of fused-ring (bicyclic) bond motifs is 1. The highest BCUT2D eigenvalue weighted by molar-refractivity contribution is 6.28. The average molecular weight is 338 g/mol. The number of hydrogen-bond acceptors (Lipinski definition) is 5. The van der Waals surface area contributed by atoms with E-state index >= 15 is 0 Å². The molecular formula is C15H20ClN5O2. The highest BCUT2D eigenvalue weighted by Gasteiger charge is 2.23. The number of anilines is 1. The number of carbonyl (C=O) groups excluding carboxylic acids is 1. The Balaban J connectivity index is 2.10. The van der Waals surface area contributed by atoms with E-state index in [1.54, 1.807) is 6.07 Å². The van der Waals surface area contributed by atoms with Crippen LogP contribution >= 0.6 is 11.6 Å². The lowest BCUT2D eigenvalue weighted by molar-refractivity contribution is 0.0935. The SMILES string of the molecule is CC(C)NC(=O)c1cc2nc(Cl)nc(N3CCOCC3)c2n1C. The molecule has 23 heavy (non-hydrogen) atoms. The summed E-state index contributed by atoms with van der Waals surface area (Å²) in [7, 11) is 1.85. The number of aryl methyl sites for hydroxylation is 1. The molecule has 124 valence electrons. The minimum Gasteiger partial charge on any atom is -0.378 e. The lowest BCUT2D eigenvalue weighted by atomic mass is 10.3.